The molecule has 3 rings (SSSR count). The molecule has 1 fully saturated rings. The highest BCUT2D eigenvalue weighted by atomic mass is 16.5. The average molecular weight is 452 g/mol. The van der Waals surface area contributed by atoms with Crippen LogP contribution in [0.15, 0.2) is 53.5 Å². The Morgan fingerprint density at radius 2 is 1.82 bits per heavy atom. The second-order valence-corrected chi connectivity index (χ2v) is 8.31. The van der Waals surface area contributed by atoms with Gasteiger partial charge in [-0.2, -0.15) is 0 Å². The second kappa shape index (κ2) is 12.2. The first-order valence-electron chi connectivity index (χ1n) is 11.4. The summed E-state index contributed by atoms with van der Waals surface area (Å²) in [5, 5.41) is 2.98. The lowest BCUT2D eigenvalue weighted by molar-refractivity contribution is -0.142. The number of nitrogens with one attached hydrogen (secondary N) is 1. The van der Waals surface area contributed by atoms with Gasteiger partial charge in [-0.3, -0.25) is 9.79 Å². The predicted molar refractivity (Wildman–Crippen MR) is 130 cm³/mol. The molecule has 33 heavy (non-hydrogen) atoms. The zero-order valence-electron chi connectivity index (χ0n) is 19.4. The van der Waals surface area contributed by atoms with E-state index in [-0.39, 0.29) is 5.91 Å². The molecule has 1 aliphatic rings. The quantitative estimate of drug-likeness (QED) is 0.346. The Morgan fingerprint density at radius 3 is 2.52 bits per heavy atom. The molecule has 2 aromatic rings. The summed E-state index contributed by atoms with van der Waals surface area (Å²) < 4.78 is 10.3. The number of nitrogens with two attached hydrogens (primary N) is 1. The van der Waals surface area contributed by atoms with Crippen molar-refractivity contribution in [3.05, 3.63) is 65.2 Å². The number of esters is 1. The Labute approximate surface area is 195 Å². The number of rotatable bonds is 9. The van der Waals surface area contributed by atoms with Crippen LogP contribution in [0.5, 0.6) is 0 Å². The molecule has 1 saturated heterocycles. The van der Waals surface area contributed by atoms with E-state index in [0.29, 0.717) is 41.4 Å². The van der Waals surface area contributed by atoms with Crippen LogP contribution in [-0.4, -0.2) is 50.5 Å². The Morgan fingerprint density at radius 1 is 1.12 bits per heavy atom. The molecule has 0 aromatic heterocycles. The number of methoxy groups -OCH3 is 1. The van der Waals surface area contributed by atoms with E-state index in [1.165, 1.54) is 7.11 Å². The van der Waals surface area contributed by atoms with Gasteiger partial charge in [0.2, 0.25) is 0 Å². The number of benzene rings is 2. The van der Waals surface area contributed by atoms with Crippen molar-refractivity contribution in [3.63, 3.8) is 0 Å². The van der Waals surface area contributed by atoms with Crippen LogP contribution in [0.3, 0.4) is 0 Å². The lowest BCUT2D eigenvalue weighted by Gasteiger charge is -2.22. The molecule has 0 bridgehead atoms. The first-order valence-corrected chi connectivity index (χ1v) is 11.4. The van der Waals surface area contributed by atoms with Gasteiger partial charge in [0.1, 0.15) is 0 Å². The van der Waals surface area contributed by atoms with E-state index in [1.54, 1.807) is 19.1 Å². The van der Waals surface area contributed by atoms with Crippen LogP contribution < -0.4 is 11.1 Å². The number of hydrogen-bond acceptors (Lipinski definition) is 6. The first kappa shape index (κ1) is 24.5. The monoisotopic (exact) mass is 451 g/mol. The highest BCUT2D eigenvalue weighted by molar-refractivity contribution is 6.09. The summed E-state index contributed by atoms with van der Waals surface area (Å²) in [6.45, 7) is 3.98. The summed E-state index contributed by atoms with van der Waals surface area (Å²) in [4.78, 5) is 29.7. The minimum absolute atomic E-state index is 0.206. The molecule has 0 radical (unpaired) electrons. The number of ether oxygens (including phenoxy) is 2. The van der Waals surface area contributed by atoms with Gasteiger partial charge in [0.05, 0.1) is 18.4 Å². The second-order valence-electron chi connectivity index (χ2n) is 8.31. The summed E-state index contributed by atoms with van der Waals surface area (Å²) in [6, 6.07) is 14.2. The highest BCUT2D eigenvalue weighted by Crippen LogP contribution is 2.21. The molecule has 1 atom stereocenters. The third-order valence-electron chi connectivity index (χ3n) is 6.01. The van der Waals surface area contributed by atoms with Gasteiger partial charge in [0, 0.05) is 37.5 Å². The number of anilines is 1. The fraction of sp³-hybridized carbons (Fsp3) is 0.423. The molecule has 1 aliphatic heterocycles. The zero-order valence-corrected chi connectivity index (χ0v) is 19.4. The predicted octanol–water partition coefficient (Wildman–Crippen LogP) is 3.41. The number of para-hydroxylation sites is 1. The van der Waals surface area contributed by atoms with Crippen LogP contribution in [0.4, 0.5) is 5.69 Å². The van der Waals surface area contributed by atoms with E-state index in [1.807, 2.05) is 36.4 Å². The van der Waals surface area contributed by atoms with Crippen molar-refractivity contribution < 1.29 is 19.1 Å². The van der Waals surface area contributed by atoms with Gasteiger partial charge in [-0.1, -0.05) is 42.5 Å². The van der Waals surface area contributed by atoms with Crippen molar-refractivity contribution in [1.29, 1.82) is 0 Å². The molecule has 0 aliphatic carbocycles. The fourth-order valence-corrected chi connectivity index (χ4v) is 4.06. The summed E-state index contributed by atoms with van der Waals surface area (Å²) in [7, 11) is 1.35. The zero-order chi connectivity index (χ0) is 23.6. The number of hydrogen-bond donors (Lipinski definition) is 2. The average Bonchev–Trinajstić information content (AvgIpc) is 2.84. The van der Waals surface area contributed by atoms with E-state index >= 15 is 0 Å². The molecule has 176 valence electrons. The van der Waals surface area contributed by atoms with Crippen molar-refractivity contribution in [3.8, 4) is 0 Å². The van der Waals surface area contributed by atoms with Gasteiger partial charge in [-0.25, -0.2) is 4.79 Å². The van der Waals surface area contributed by atoms with Crippen molar-refractivity contribution in [2.75, 3.05) is 32.6 Å². The van der Waals surface area contributed by atoms with Gasteiger partial charge in [-0.15, -0.1) is 0 Å². The van der Waals surface area contributed by atoms with E-state index in [4.69, 9.17) is 15.2 Å². The maximum absolute atomic E-state index is 12.8. The molecule has 7 heteroatoms. The molecular weight excluding hydrogens is 418 g/mol. The summed E-state index contributed by atoms with van der Waals surface area (Å²) >= 11 is 0. The molecule has 1 heterocycles. The van der Waals surface area contributed by atoms with E-state index in [2.05, 4.69) is 10.3 Å². The van der Waals surface area contributed by atoms with Crippen molar-refractivity contribution >= 4 is 23.3 Å². The van der Waals surface area contributed by atoms with Gasteiger partial charge < -0.3 is 20.5 Å². The third kappa shape index (κ3) is 6.89. The van der Waals surface area contributed by atoms with Crippen LogP contribution in [0.1, 0.15) is 47.7 Å². The van der Waals surface area contributed by atoms with Gasteiger partial charge in [0.25, 0.3) is 5.91 Å². The van der Waals surface area contributed by atoms with Crippen molar-refractivity contribution in [2.45, 2.75) is 38.6 Å². The largest absolute Gasteiger partial charge is 0.467 e. The summed E-state index contributed by atoms with van der Waals surface area (Å²) in [6.07, 6.45) is 3.41. The number of carbonyl (C=O) groups excluding carboxylic acids is 2. The first-order chi connectivity index (χ1) is 16.0. The van der Waals surface area contributed by atoms with Crippen LogP contribution >= 0.6 is 0 Å². The third-order valence-corrected chi connectivity index (χ3v) is 6.01. The molecule has 1 unspecified atom stereocenters. The van der Waals surface area contributed by atoms with E-state index in [9.17, 15) is 9.59 Å². The minimum Gasteiger partial charge on any atom is -0.467 e. The number of amides is 1. The van der Waals surface area contributed by atoms with Gasteiger partial charge >= 0.3 is 5.97 Å². The maximum atomic E-state index is 12.8. The smallest absolute Gasteiger partial charge is 0.330 e. The Bertz CT molecular complexity index is 969. The number of aliphatic imine (C=N–C) groups is 1. The molecule has 7 nitrogen and oxygen atoms in total. The fourth-order valence-electron chi connectivity index (χ4n) is 4.06. The number of nitrogen functional groups attached to an aromatic ring is 1. The lowest BCUT2D eigenvalue weighted by Crippen LogP contribution is -2.28. The van der Waals surface area contributed by atoms with Crippen LogP contribution in [-0.2, 0) is 20.7 Å². The number of nitrogens with zero attached hydrogens (tertiary/aromatic N) is 1. The SMILES string of the molecule is COC(=O)C(Cc1ccccc1)N=C(C)c1cccc(C(=O)NCCC2CCOCC2)c1N. The van der Waals surface area contributed by atoms with Crippen LogP contribution in [0.25, 0.3) is 0 Å². The summed E-state index contributed by atoms with van der Waals surface area (Å²) in [5.41, 5.74) is 9.32. The maximum Gasteiger partial charge on any atom is 0.330 e. The molecule has 1 amide bonds. The molecule has 0 spiro atoms. The molecular formula is C26H33N3O4. The molecule has 0 saturated carbocycles. The standard InChI is InChI=1S/C26H33N3O4/c1-18(29-23(26(31)32-2)17-20-7-4-3-5-8-20)21-9-6-10-22(24(21)27)25(30)28-14-11-19-12-15-33-16-13-19/h3-10,19,23H,11-17,27H2,1-2H3,(H,28,30). The number of carbonyl (C=O) groups is 2. The lowest BCUT2D eigenvalue weighted by atomic mass is 9.96. The Hall–Kier alpha value is -3.19. The van der Waals surface area contributed by atoms with E-state index in [0.717, 1.165) is 38.0 Å². The normalized spacial score (nSPS) is 15.6. The van der Waals surface area contributed by atoms with E-state index < -0.39 is 12.0 Å². The van der Waals surface area contributed by atoms with Crippen LogP contribution in [0, 0.1) is 5.92 Å². The highest BCUT2D eigenvalue weighted by Gasteiger charge is 2.21. The molecule has 2 aromatic carbocycles. The topological polar surface area (TPSA) is 103 Å². The Kier molecular flexibility index (Phi) is 9.01. The Balaban J connectivity index is 1.71. The van der Waals surface area contributed by atoms with Gasteiger partial charge in [0.15, 0.2) is 6.04 Å². The van der Waals surface area contributed by atoms with Gasteiger partial charge in [-0.05, 0) is 43.7 Å². The van der Waals surface area contributed by atoms with Crippen LogP contribution in [0.2, 0.25) is 0 Å². The van der Waals surface area contributed by atoms with Crippen molar-refractivity contribution in [1.82, 2.24) is 5.32 Å². The molecule has 3 N–H and O–H groups in total. The minimum atomic E-state index is -0.700. The summed E-state index contributed by atoms with van der Waals surface area (Å²) in [5.74, 6) is -0.0428. The van der Waals surface area contributed by atoms with Crippen molar-refractivity contribution in [2.24, 2.45) is 10.9 Å².